The van der Waals surface area contributed by atoms with Crippen LogP contribution in [-0.2, 0) is 15.1 Å². The molecule has 1 aromatic heterocycles. The molecule has 3 aliphatic heterocycles. The summed E-state index contributed by atoms with van der Waals surface area (Å²) in [6.45, 7) is 4.17. The van der Waals surface area contributed by atoms with Crippen molar-refractivity contribution in [1.82, 2.24) is 9.80 Å². The van der Waals surface area contributed by atoms with E-state index >= 15 is 0 Å². The highest BCUT2D eigenvalue weighted by atomic mass is 16.5. The Morgan fingerprint density at radius 1 is 0.941 bits per heavy atom. The van der Waals surface area contributed by atoms with Gasteiger partial charge in [0.1, 0.15) is 5.58 Å². The van der Waals surface area contributed by atoms with E-state index in [2.05, 4.69) is 4.90 Å². The Hall–Kier alpha value is -3.49. The SMILES string of the molecule is CN1C(=O)C2(c3ccccc31)c1c(oc3ccccc3c1=O)C(=O)N2CCCN1CCOCC1. The van der Waals surface area contributed by atoms with Crippen molar-refractivity contribution < 1.29 is 18.7 Å². The van der Waals surface area contributed by atoms with Gasteiger partial charge in [0.15, 0.2) is 11.0 Å². The van der Waals surface area contributed by atoms with Crippen LogP contribution in [0, 0.1) is 0 Å². The molecule has 2 aromatic carbocycles. The van der Waals surface area contributed by atoms with Crippen molar-refractivity contribution in [2.45, 2.75) is 12.0 Å². The van der Waals surface area contributed by atoms with E-state index in [4.69, 9.17) is 9.15 Å². The zero-order valence-corrected chi connectivity index (χ0v) is 19.0. The number of anilines is 1. The normalized spacial score (nSPS) is 22.1. The van der Waals surface area contributed by atoms with Crippen molar-refractivity contribution in [3.63, 3.8) is 0 Å². The Morgan fingerprint density at radius 2 is 1.68 bits per heavy atom. The molecule has 34 heavy (non-hydrogen) atoms. The summed E-state index contributed by atoms with van der Waals surface area (Å²) in [7, 11) is 1.69. The number of nitrogens with zero attached hydrogens (tertiary/aromatic N) is 3. The lowest BCUT2D eigenvalue weighted by atomic mass is 9.84. The Morgan fingerprint density at radius 3 is 2.50 bits per heavy atom. The maximum absolute atomic E-state index is 14.0. The standard InChI is InChI=1S/C26H25N3O5/c1-27-19-9-4-3-8-18(19)26(25(27)32)21-22(30)17-7-2-5-10-20(17)34-23(21)24(31)29(26)12-6-11-28-13-15-33-16-14-28/h2-5,7-10H,6,11-16H2,1H3. The number of ether oxygens (including phenoxy) is 1. The number of rotatable bonds is 4. The monoisotopic (exact) mass is 459 g/mol. The van der Waals surface area contributed by atoms with Gasteiger partial charge in [-0.05, 0) is 24.6 Å². The molecular formula is C26H25N3O5. The molecule has 8 heteroatoms. The lowest BCUT2D eigenvalue weighted by Gasteiger charge is -2.35. The highest BCUT2D eigenvalue weighted by molar-refractivity contribution is 6.16. The van der Waals surface area contributed by atoms with Gasteiger partial charge < -0.3 is 19.0 Å². The van der Waals surface area contributed by atoms with E-state index < -0.39 is 11.4 Å². The molecule has 8 nitrogen and oxygen atoms in total. The minimum absolute atomic E-state index is 0.0338. The van der Waals surface area contributed by atoms with Crippen LogP contribution < -0.4 is 10.3 Å². The smallest absolute Gasteiger partial charge is 0.291 e. The quantitative estimate of drug-likeness (QED) is 0.595. The van der Waals surface area contributed by atoms with E-state index in [0.717, 1.165) is 19.6 Å². The van der Waals surface area contributed by atoms with Gasteiger partial charge in [-0.25, -0.2) is 0 Å². The van der Waals surface area contributed by atoms with Crippen LogP contribution >= 0.6 is 0 Å². The Bertz CT molecular complexity index is 1380. The molecule has 174 valence electrons. The van der Waals surface area contributed by atoms with Gasteiger partial charge in [-0.2, -0.15) is 0 Å². The van der Waals surface area contributed by atoms with Gasteiger partial charge in [0, 0.05) is 44.5 Å². The summed E-state index contributed by atoms with van der Waals surface area (Å²) in [5, 5.41) is 0.364. The minimum Gasteiger partial charge on any atom is -0.450 e. The van der Waals surface area contributed by atoms with Crippen molar-refractivity contribution in [3.05, 3.63) is 75.6 Å². The number of carbonyl (C=O) groups excluding carboxylic acids is 2. The fourth-order valence-electron chi connectivity index (χ4n) is 5.62. The molecule has 4 heterocycles. The molecule has 0 saturated carbocycles. The number of morpholine rings is 1. The summed E-state index contributed by atoms with van der Waals surface area (Å²) in [6.07, 6.45) is 0.661. The van der Waals surface area contributed by atoms with Crippen molar-refractivity contribution in [2.24, 2.45) is 0 Å². The Labute approximate surface area is 196 Å². The number of fused-ring (bicyclic) bond motifs is 5. The van der Waals surface area contributed by atoms with Gasteiger partial charge in [0.25, 0.3) is 11.8 Å². The third kappa shape index (κ3) is 2.75. The van der Waals surface area contributed by atoms with Crippen molar-refractivity contribution >= 4 is 28.5 Å². The van der Waals surface area contributed by atoms with Gasteiger partial charge in [0.05, 0.1) is 24.2 Å². The zero-order valence-electron chi connectivity index (χ0n) is 19.0. The van der Waals surface area contributed by atoms with E-state index in [1.54, 1.807) is 41.1 Å². The van der Waals surface area contributed by atoms with Crippen LogP contribution in [0.15, 0.2) is 57.7 Å². The Balaban J connectivity index is 1.52. The van der Waals surface area contributed by atoms with Gasteiger partial charge in [-0.3, -0.25) is 19.3 Å². The van der Waals surface area contributed by atoms with E-state index in [-0.39, 0.29) is 22.7 Å². The van der Waals surface area contributed by atoms with Gasteiger partial charge >= 0.3 is 0 Å². The highest BCUT2D eigenvalue weighted by Gasteiger charge is 2.64. The van der Waals surface area contributed by atoms with Crippen LogP contribution in [0.4, 0.5) is 5.69 Å². The largest absolute Gasteiger partial charge is 0.450 e. The second-order valence-electron chi connectivity index (χ2n) is 8.99. The third-order valence-corrected chi connectivity index (χ3v) is 7.23. The molecule has 1 unspecified atom stereocenters. The lowest BCUT2D eigenvalue weighted by Crippen LogP contribution is -2.53. The van der Waals surface area contributed by atoms with Crippen LogP contribution in [0.5, 0.6) is 0 Å². The molecule has 1 fully saturated rings. The number of para-hydroxylation sites is 2. The molecule has 6 rings (SSSR count). The summed E-state index contributed by atoms with van der Waals surface area (Å²) >= 11 is 0. The van der Waals surface area contributed by atoms with Crippen molar-refractivity contribution in [3.8, 4) is 0 Å². The number of amides is 2. The summed E-state index contributed by atoms with van der Waals surface area (Å²) in [5.74, 6) is -0.762. The predicted octanol–water partition coefficient (Wildman–Crippen LogP) is 2.19. The van der Waals surface area contributed by atoms with Crippen molar-refractivity contribution in [2.75, 3.05) is 51.3 Å². The first kappa shape index (κ1) is 21.1. The van der Waals surface area contributed by atoms with Gasteiger partial charge in [0.2, 0.25) is 5.76 Å². The molecule has 1 atom stereocenters. The number of hydrogen-bond acceptors (Lipinski definition) is 6. The van der Waals surface area contributed by atoms with E-state index in [9.17, 15) is 14.4 Å². The fraction of sp³-hybridized carbons (Fsp3) is 0.346. The number of hydrogen-bond donors (Lipinski definition) is 0. The summed E-state index contributed by atoms with van der Waals surface area (Å²) < 4.78 is 11.4. The Kier molecular flexibility index (Phi) is 4.82. The summed E-state index contributed by atoms with van der Waals surface area (Å²) in [5.41, 5.74) is -0.0453. The van der Waals surface area contributed by atoms with Crippen LogP contribution in [0.1, 0.15) is 28.1 Å². The maximum Gasteiger partial charge on any atom is 0.291 e. The predicted molar refractivity (Wildman–Crippen MR) is 126 cm³/mol. The van der Waals surface area contributed by atoms with E-state index in [0.29, 0.717) is 48.4 Å². The number of benzene rings is 2. The molecule has 0 bridgehead atoms. The second kappa shape index (κ2) is 7.78. The fourth-order valence-corrected chi connectivity index (χ4v) is 5.62. The van der Waals surface area contributed by atoms with Crippen LogP contribution in [0.3, 0.4) is 0 Å². The molecule has 1 spiro atoms. The van der Waals surface area contributed by atoms with Gasteiger partial charge in [-0.1, -0.05) is 30.3 Å². The zero-order chi connectivity index (χ0) is 23.4. The number of likely N-dealkylation sites (N-methyl/N-ethyl adjacent to an activating group) is 1. The van der Waals surface area contributed by atoms with Crippen LogP contribution in [0.2, 0.25) is 0 Å². The minimum atomic E-state index is -1.52. The molecule has 1 saturated heterocycles. The highest BCUT2D eigenvalue weighted by Crippen LogP contribution is 2.52. The molecule has 2 amide bonds. The van der Waals surface area contributed by atoms with E-state index in [1.165, 1.54) is 0 Å². The average Bonchev–Trinajstić information content (AvgIpc) is 3.25. The maximum atomic E-state index is 14.0. The van der Waals surface area contributed by atoms with Crippen LogP contribution in [0.25, 0.3) is 11.0 Å². The second-order valence-corrected chi connectivity index (χ2v) is 8.99. The van der Waals surface area contributed by atoms with Gasteiger partial charge in [-0.15, -0.1) is 0 Å². The first-order valence-corrected chi connectivity index (χ1v) is 11.6. The third-order valence-electron chi connectivity index (χ3n) is 7.23. The molecule has 3 aromatic rings. The van der Waals surface area contributed by atoms with Crippen LogP contribution in [-0.4, -0.2) is 68.1 Å². The molecule has 0 N–H and O–H groups in total. The molecule has 0 aliphatic carbocycles. The first-order chi connectivity index (χ1) is 16.5. The topological polar surface area (TPSA) is 83.3 Å². The molecule has 0 radical (unpaired) electrons. The molecular weight excluding hydrogens is 434 g/mol. The summed E-state index contributed by atoms with van der Waals surface area (Å²) in [4.78, 5) is 47.0. The van der Waals surface area contributed by atoms with Crippen molar-refractivity contribution in [1.29, 1.82) is 0 Å². The first-order valence-electron chi connectivity index (χ1n) is 11.6. The average molecular weight is 460 g/mol. The molecule has 3 aliphatic rings. The van der Waals surface area contributed by atoms with E-state index in [1.807, 2.05) is 24.3 Å². The number of carbonyl (C=O) groups is 2. The summed E-state index contributed by atoms with van der Waals surface area (Å²) in [6, 6.07) is 14.2. The lowest BCUT2D eigenvalue weighted by molar-refractivity contribution is -0.125.